The van der Waals surface area contributed by atoms with E-state index in [2.05, 4.69) is 11.4 Å². The molecule has 2 amide bonds. The third-order valence-corrected chi connectivity index (χ3v) is 9.34. The van der Waals surface area contributed by atoms with Gasteiger partial charge in [0.05, 0.1) is 15.9 Å². The van der Waals surface area contributed by atoms with Crippen LogP contribution in [-0.4, -0.2) is 45.1 Å². The van der Waals surface area contributed by atoms with E-state index >= 15 is 0 Å². The molecule has 2 fully saturated rings. The van der Waals surface area contributed by atoms with Crippen molar-refractivity contribution in [3.63, 3.8) is 0 Å². The maximum atomic E-state index is 13.2. The molecule has 0 bridgehead atoms. The van der Waals surface area contributed by atoms with E-state index in [9.17, 15) is 14.4 Å². The van der Waals surface area contributed by atoms with Crippen molar-refractivity contribution in [3.05, 3.63) is 45.6 Å². The van der Waals surface area contributed by atoms with E-state index in [1.54, 1.807) is 12.1 Å². The second-order valence-corrected chi connectivity index (χ2v) is 12.2. The predicted octanol–water partition coefficient (Wildman–Crippen LogP) is 6.27. The molecule has 0 radical (unpaired) electrons. The molecule has 40 heavy (non-hydrogen) atoms. The summed E-state index contributed by atoms with van der Waals surface area (Å²) in [6, 6.07) is 11.4. The van der Waals surface area contributed by atoms with E-state index in [-0.39, 0.29) is 23.7 Å². The molecule has 8 nitrogen and oxygen atoms in total. The Labute approximate surface area is 239 Å². The number of amides is 2. The molecule has 5 rings (SSSR count). The molecule has 9 heteroatoms. The molecule has 2 aromatic heterocycles. The summed E-state index contributed by atoms with van der Waals surface area (Å²) in [6.45, 7) is 4.32. The lowest BCUT2D eigenvalue weighted by molar-refractivity contribution is -0.127. The van der Waals surface area contributed by atoms with Crippen molar-refractivity contribution in [1.82, 2.24) is 14.5 Å². The summed E-state index contributed by atoms with van der Waals surface area (Å²) < 4.78 is 2.03. The first-order chi connectivity index (χ1) is 19.4. The van der Waals surface area contributed by atoms with Crippen molar-refractivity contribution in [3.8, 4) is 6.07 Å². The first kappa shape index (κ1) is 28.0. The van der Waals surface area contributed by atoms with Crippen LogP contribution in [0.5, 0.6) is 0 Å². The van der Waals surface area contributed by atoms with Crippen LogP contribution < -0.4 is 5.32 Å². The molecule has 1 N–H and O–H groups in total. The number of hydrogen-bond donors (Lipinski definition) is 1. The number of likely N-dealkylation sites (tertiary alicyclic amines) is 1. The summed E-state index contributed by atoms with van der Waals surface area (Å²) in [5, 5.41) is 12.1. The lowest BCUT2D eigenvalue weighted by Gasteiger charge is -2.23. The lowest BCUT2D eigenvalue weighted by atomic mass is 9.80. The second-order valence-electron chi connectivity index (χ2n) is 11.1. The Morgan fingerprint density at radius 3 is 2.62 bits per heavy atom. The SMILES string of the molecule is CC(C(=O)C1CCCCC1)c1ccc2c(c1)nc(NC(=O)c1ccc(C#N)s1)n2CCCCCN1CCCC1=O. The number of nitriles is 1. The molecule has 3 heterocycles. The standard InChI is InChI=1S/C31H37N5O3S/c1-21(29(38)22-9-4-2-5-10-22)23-12-14-26-25(19-23)33-31(34-30(39)27-15-13-24(20-32)40-27)36(26)18-7-3-6-16-35-17-8-11-28(35)37/h12-15,19,21-22H,2-11,16-18H2,1H3,(H,33,34,39). The van der Waals surface area contributed by atoms with Crippen LogP contribution in [0.4, 0.5) is 5.95 Å². The van der Waals surface area contributed by atoms with E-state index in [1.165, 1.54) is 6.42 Å². The number of imidazole rings is 1. The minimum atomic E-state index is -0.295. The van der Waals surface area contributed by atoms with Gasteiger partial charge in [-0.05, 0) is 68.4 Å². The van der Waals surface area contributed by atoms with Crippen molar-refractivity contribution in [1.29, 1.82) is 5.26 Å². The van der Waals surface area contributed by atoms with Crippen LogP contribution in [0.25, 0.3) is 11.0 Å². The number of benzene rings is 1. The Morgan fingerprint density at radius 2 is 1.90 bits per heavy atom. The number of hydrogen-bond acceptors (Lipinski definition) is 6. The number of aryl methyl sites for hydroxylation is 1. The highest BCUT2D eigenvalue weighted by Gasteiger charge is 2.27. The molecule has 1 aliphatic carbocycles. The van der Waals surface area contributed by atoms with Crippen LogP contribution in [0.3, 0.4) is 0 Å². The summed E-state index contributed by atoms with van der Waals surface area (Å²) in [5.74, 6) is 0.688. The van der Waals surface area contributed by atoms with Gasteiger partial charge in [0.2, 0.25) is 11.9 Å². The zero-order chi connectivity index (χ0) is 28.1. The van der Waals surface area contributed by atoms with E-state index in [0.29, 0.717) is 34.5 Å². The molecule has 1 unspecified atom stereocenters. The number of aromatic nitrogens is 2. The molecule has 210 valence electrons. The number of Topliss-reactive ketones (excluding diaryl/α,β-unsaturated/α-hetero) is 1. The molecule has 2 aliphatic rings. The molecule has 1 saturated heterocycles. The Morgan fingerprint density at radius 1 is 1.10 bits per heavy atom. The van der Waals surface area contributed by atoms with Crippen LogP contribution in [0, 0.1) is 17.2 Å². The van der Waals surface area contributed by atoms with Gasteiger partial charge >= 0.3 is 0 Å². The molecule has 1 aliphatic heterocycles. The van der Waals surface area contributed by atoms with Gasteiger partial charge in [-0.15, -0.1) is 11.3 Å². The molecule has 0 spiro atoms. The van der Waals surface area contributed by atoms with Gasteiger partial charge in [0.1, 0.15) is 16.7 Å². The number of unbranched alkanes of at least 4 members (excludes halogenated alkanes) is 2. The molecular formula is C31H37N5O3S. The van der Waals surface area contributed by atoms with Gasteiger partial charge in [-0.2, -0.15) is 5.26 Å². The number of ketones is 1. The number of nitrogens with zero attached hydrogens (tertiary/aromatic N) is 4. The van der Waals surface area contributed by atoms with Crippen molar-refractivity contribution >= 4 is 45.9 Å². The predicted molar refractivity (Wildman–Crippen MR) is 156 cm³/mol. The largest absolute Gasteiger partial charge is 0.343 e. The van der Waals surface area contributed by atoms with E-state index < -0.39 is 0 Å². The van der Waals surface area contributed by atoms with Crippen molar-refractivity contribution < 1.29 is 14.4 Å². The van der Waals surface area contributed by atoms with Crippen LogP contribution in [-0.2, 0) is 16.1 Å². The fourth-order valence-corrected chi connectivity index (χ4v) is 6.71. The molecule has 3 aromatic rings. The normalized spacial score (nSPS) is 16.8. The van der Waals surface area contributed by atoms with E-state index in [1.807, 2.05) is 34.6 Å². The van der Waals surface area contributed by atoms with Crippen LogP contribution in [0.1, 0.15) is 97.2 Å². The molecule has 1 saturated carbocycles. The van der Waals surface area contributed by atoms with Crippen molar-refractivity contribution in [2.24, 2.45) is 5.92 Å². The van der Waals surface area contributed by atoms with Gasteiger partial charge in [-0.3, -0.25) is 19.7 Å². The monoisotopic (exact) mass is 559 g/mol. The lowest BCUT2D eigenvalue weighted by Crippen LogP contribution is -2.25. The Bertz CT molecular complexity index is 1430. The van der Waals surface area contributed by atoms with Gasteiger partial charge in [-0.1, -0.05) is 32.3 Å². The maximum Gasteiger partial charge on any atom is 0.268 e. The second kappa shape index (κ2) is 12.8. The number of anilines is 1. The van der Waals surface area contributed by atoms with Crippen LogP contribution >= 0.6 is 11.3 Å². The summed E-state index contributed by atoms with van der Waals surface area (Å²) in [4.78, 5) is 45.8. The van der Waals surface area contributed by atoms with Crippen LogP contribution in [0.2, 0.25) is 0 Å². The third kappa shape index (κ3) is 6.28. The number of nitrogens with one attached hydrogen (secondary N) is 1. The number of thiophene rings is 1. The topological polar surface area (TPSA) is 108 Å². The minimum Gasteiger partial charge on any atom is -0.343 e. The zero-order valence-corrected chi connectivity index (χ0v) is 24.0. The fraction of sp³-hybridized carbons (Fsp3) is 0.516. The quantitative estimate of drug-likeness (QED) is 0.279. The number of fused-ring (bicyclic) bond motifs is 1. The average Bonchev–Trinajstić information content (AvgIpc) is 3.71. The maximum absolute atomic E-state index is 13.2. The Hall–Kier alpha value is -3.51. The molecular weight excluding hydrogens is 522 g/mol. The summed E-state index contributed by atoms with van der Waals surface area (Å²) in [6.07, 6.45) is 9.84. The number of rotatable bonds is 11. The third-order valence-electron chi connectivity index (χ3n) is 8.35. The smallest absolute Gasteiger partial charge is 0.268 e. The number of carbonyl (C=O) groups is 3. The first-order valence-corrected chi connectivity index (χ1v) is 15.4. The summed E-state index contributed by atoms with van der Waals surface area (Å²) in [7, 11) is 0. The van der Waals surface area contributed by atoms with E-state index in [0.717, 1.165) is 92.4 Å². The molecule has 1 atom stereocenters. The van der Waals surface area contributed by atoms with Gasteiger partial charge in [0, 0.05) is 37.9 Å². The minimum absolute atomic E-state index is 0.145. The van der Waals surface area contributed by atoms with E-state index in [4.69, 9.17) is 10.2 Å². The average molecular weight is 560 g/mol. The zero-order valence-electron chi connectivity index (χ0n) is 23.2. The van der Waals surface area contributed by atoms with Crippen LogP contribution in [0.15, 0.2) is 30.3 Å². The van der Waals surface area contributed by atoms with Crippen molar-refractivity contribution in [2.45, 2.75) is 83.6 Å². The Balaban J connectivity index is 1.33. The highest BCUT2D eigenvalue weighted by molar-refractivity contribution is 7.14. The fourth-order valence-electron chi connectivity index (χ4n) is 6.02. The van der Waals surface area contributed by atoms with Gasteiger partial charge in [-0.25, -0.2) is 4.98 Å². The summed E-state index contributed by atoms with van der Waals surface area (Å²) >= 11 is 1.15. The highest BCUT2D eigenvalue weighted by atomic mass is 32.1. The van der Waals surface area contributed by atoms with Gasteiger partial charge in [0.25, 0.3) is 5.91 Å². The molecule has 1 aromatic carbocycles. The van der Waals surface area contributed by atoms with Crippen molar-refractivity contribution in [2.75, 3.05) is 18.4 Å². The van der Waals surface area contributed by atoms with Gasteiger partial charge in [0.15, 0.2) is 0 Å². The number of carbonyl (C=O) groups excluding carboxylic acids is 3. The van der Waals surface area contributed by atoms with Gasteiger partial charge < -0.3 is 9.47 Å². The first-order valence-electron chi connectivity index (χ1n) is 14.6. The highest BCUT2D eigenvalue weighted by Crippen LogP contribution is 2.32. The summed E-state index contributed by atoms with van der Waals surface area (Å²) in [5.41, 5.74) is 2.62. The Kier molecular flexibility index (Phi) is 8.95.